The van der Waals surface area contributed by atoms with E-state index in [2.05, 4.69) is 16.9 Å². The van der Waals surface area contributed by atoms with Gasteiger partial charge in [-0.25, -0.2) is 9.97 Å². The Morgan fingerprint density at radius 2 is 1.96 bits per heavy atom. The van der Waals surface area contributed by atoms with Crippen molar-refractivity contribution in [1.29, 1.82) is 0 Å². The maximum absolute atomic E-state index is 12.7. The second-order valence-electron chi connectivity index (χ2n) is 6.71. The van der Waals surface area contributed by atoms with Crippen molar-refractivity contribution in [2.24, 2.45) is 5.92 Å². The van der Waals surface area contributed by atoms with E-state index in [0.717, 1.165) is 31.4 Å². The molecule has 24 heavy (non-hydrogen) atoms. The summed E-state index contributed by atoms with van der Waals surface area (Å²) in [5, 5.41) is 0. The lowest BCUT2D eigenvalue weighted by Crippen LogP contribution is -2.47. The van der Waals surface area contributed by atoms with Crippen LogP contribution in [0.15, 0.2) is 12.4 Å². The smallest absolute Gasteiger partial charge is 0.316 e. The van der Waals surface area contributed by atoms with Crippen molar-refractivity contribution < 1.29 is 14.3 Å². The first kappa shape index (κ1) is 16.9. The third kappa shape index (κ3) is 4.10. The number of amides is 1. The highest BCUT2D eigenvalue weighted by molar-refractivity contribution is 5.84. The van der Waals surface area contributed by atoms with E-state index in [-0.39, 0.29) is 23.7 Å². The van der Waals surface area contributed by atoms with Crippen LogP contribution in [0.5, 0.6) is 6.01 Å². The zero-order valence-corrected chi connectivity index (χ0v) is 14.2. The standard InChI is InChI=1S/C18H25N3O3/c1-2-13-10-19-18(20-11-13)24-16-4-3-9-21(12-16)17(23)14-5-7-15(22)8-6-14/h10-11,14,16H,2-9,12H2,1H3. The summed E-state index contributed by atoms with van der Waals surface area (Å²) >= 11 is 0. The first-order chi connectivity index (χ1) is 11.7. The fourth-order valence-corrected chi connectivity index (χ4v) is 3.41. The molecule has 1 saturated heterocycles. The molecule has 1 aromatic heterocycles. The summed E-state index contributed by atoms with van der Waals surface area (Å²) in [4.78, 5) is 34.4. The minimum atomic E-state index is -0.0552. The molecule has 0 N–H and O–H groups in total. The normalized spacial score (nSPS) is 22.5. The van der Waals surface area contributed by atoms with Crippen molar-refractivity contribution in [3.05, 3.63) is 18.0 Å². The van der Waals surface area contributed by atoms with Crippen molar-refractivity contribution in [3.63, 3.8) is 0 Å². The van der Waals surface area contributed by atoms with E-state index in [4.69, 9.17) is 4.74 Å². The first-order valence-corrected chi connectivity index (χ1v) is 8.93. The molecule has 0 radical (unpaired) electrons. The number of hydrogen-bond donors (Lipinski definition) is 0. The number of nitrogens with zero attached hydrogens (tertiary/aromatic N) is 3. The molecule has 130 valence electrons. The third-order valence-electron chi connectivity index (χ3n) is 4.94. The van der Waals surface area contributed by atoms with Crippen LogP contribution >= 0.6 is 0 Å². The molecular weight excluding hydrogens is 306 g/mol. The van der Waals surface area contributed by atoms with Crippen LogP contribution in [-0.2, 0) is 16.0 Å². The second kappa shape index (κ2) is 7.73. The molecule has 6 heteroatoms. The minimum absolute atomic E-state index is 0.00142. The van der Waals surface area contributed by atoms with Crippen LogP contribution < -0.4 is 4.74 Å². The Kier molecular flexibility index (Phi) is 5.43. The predicted octanol–water partition coefficient (Wildman–Crippen LogP) is 2.17. The van der Waals surface area contributed by atoms with Gasteiger partial charge in [0, 0.05) is 37.7 Å². The van der Waals surface area contributed by atoms with Crippen LogP contribution in [0.2, 0.25) is 0 Å². The van der Waals surface area contributed by atoms with Gasteiger partial charge in [0.1, 0.15) is 11.9 Å². The van der Waals surface area contributed by atoms with Crippen molar-refractivity contribution in [2.75, 3.05) is 13.1 Å². The number of aryl methyl sites for hydroxylation is 1. The summed E-state index contributed by atoms with van der Waals surface area (Å²) < 4.78 is 5.87. The highest BCUT2D eigenvalue weighted by Gasteiger charge is 2.32. The maximum Gasteiger partial charge on any atom is 0.316 e. The fourth-order valence-electron chi connectivity index (χ4n) is 3.41. The van der Waals surface area contributed by atoms with E-state index < -0.39 is 0 Å². The Morgan fingerprint density at radius 3 is 2.62 bits per heavy atom. The topological polar surface area (TPSA) is 72.4 Å². The van der Waals surface area contributed by atoms with Gasteiger partial charge in [-0.2, -0.15) is 0 Å². The van der Waals surface area contributed by atoms with Gasteiger partial charge < -0.3 is 9.64 Å². The van der Waals surface area contributed by atoms with Gasteiger partial charge in [-0.3, -0.25) is 9.59 Å². The van der Waals surface area contributed by atoms with Crippen LogP contribution in [-0.4, -0.2) is 45.8 Å². The van der Waals surface area contributed by atoms with Crippen molar-refractivity contribution in [2.45, 2.75) is 58.0 Å². The summed E-state index contributed by atoms with van der Waals surface area (Å²) in [6, 6.07) is 0.384. The monoisotopic (exact) mass is 331 g/mol. The van der Waals surface area contributed by atoms with Gasteiger partial charge in [-0.05, 0) is 37.7 Å². The molecule has 2 fully saturated rings. The van der Waals surface area contributed by atoms with Crippen molar-refractivity contribution >= 4 is 11.7 Å². The molecule has 1 aromatic rings. The van der Waals surface area contributed by atoms with Gasteiger partial charge in [0.05, 0.1) is 6.54 Å². The zero-order chi connectivity index (χ0) is 16.9. The van der Waals surface area contributed by atoms with E-state index in [0.29, 0.717) is 38.2 Å². The molecule has 0 aromatic carbocycles. The molecule has 1 saturated carbocycles. The summed E-state index contributed by atoms with van der Waals surface area (Å²) in [6.07, 6.45) is 8.73. The van der Waals surface area contributed by atoms with E-state index in [1.165, 1.54) is 0 Å². The van der Waals surface area contributed by atoms with Crippen LogP contribution in [0.1, 0.15) is 51.0 Å². The van der Waals surface area contributed by atoms with E-state index in [1.807, 2.05) is 4.90 Å². The molecule has 1 aliphatic carbocycles. The molecule has 1 amide bonds. The number of Topliss-reactive ketones (excluding diaryl/α,β-unsaturated/α-hetero) is 1. The lowest BCUT2D eigenvalue weighted by Gasteiger charge is -2.35. The number of aromatic nitrogens is 2. The van der Waals surface area contributed by atoms with Gasteiger partial charge >= 0.3 is 6.01 Å². The number of rotatable bonds is 4. The molecule has 0 spiro atoms. The quantitative estimate of drug-likeness (QED) is 0.845. The molecule has 1 atom stereocenters. The van der Waals surface area contributed by atoms with Crippen LogP contribution in [0.4, 0.5) is 0 Å². The average Bonchev–Trinajstić information content (AvgIpc) is 2.63. The van der Waals surface area contributed by atoms with Gasteiger partial charge in [-0.1, -0.05) is 6.92 Å². The Labute approximate surface area is 142 Å². The molecule has 0 bridgehead atoms. The van der Waals surface area contributed by atoms with Gasteiger partial charge in [0.15, 0.2) is 0 Å². The lowest BCUT2D eigenvalue weighted by molar-refractivity contribution is -0.140. The number of carbonyl (C=O) groups is 2. The lowest BCUT2D eigenvalue weighted by atomic mass is 9.87. The number of ether oxygens (including phenoxy) is 1. The van der Waals surface area contributed by atoms with Crippen LogP contribution in [0.3, 0.4) is 0 Å². The Morgan fingerprint density at radius 1 is 1.25 bits per heavy atom. The molecule has 3 rings (SSSR count). The van der Waals surface area contributed by atoms with Crippen LogP contribution in [0, 0.1) is 5.92 Å². The zero-order valence-electron chi connectivity index (χ0n) is 14.2. The van der Waals surface area contributed by atoms with Crippen molar-refractivity contribution in [1.82, 2.24) is 14.9 Å². The summed E-state index contributed by atoms with van der Waals surface area (Å²) in [6.45, 7) is 3.42. The van der Waals surface area contributed by atoms with E-state index in [1.54, 1.807) is 12.4 Å². The maximum atomic E-state index is 12.7. The third-order valence-corrected chi connectivity index (χ3v) is 4.94. The molecule has 2 heterocycles. The Bertz CT molecular complexity index is 578. The van der Waals surface area contributed by atoms with Gasteiger partial charge in [0.25, 0.3) is 0 Å². The average molecular weight is 331 g/mol. The summed E-state index contributed by atoms with van der Waals surface area (Å²) in [5.41, 5.74) is 1.08. The molecule has 6 nitrogen and oxygen atoms in total. The molecule has 1 aliphatic heterocycles. The number of hydrogen-bond acceptors (Lipinski definition) is 5. The number of likely N-dealkylation sites (tertiary alicyclic amines) is 1. The highest BCUT2D eigenvalue weighted by Crippen LogP contribution is 2.25. The number of carbonyl (C=O) groups excluding carboxylic acids is 2. The van der Waals surface area contributed by atoms with E-state index in [9.17, 15) is 9.59 Å². The molecule has 1 unspecified atom stereocenters. The highest BCUT2D eigenvalue weighted by atomic mass is 16.5. The minimum Gasteiger partial charge on any atom is -0.458 e. The van der Waals surface area contributed by atoms with E-state index >= 15 is 0 Å². The molecule has 2 aliphatic rings. The Balaban J connectivity index is 1.55. The van der Waals surface area contributed by atoms with Gasteiger partial charge in [0.2, 0.25) is 5.91 Å². The predicted molar refractivity (Wildman–Crippen MR) is 88.6 cm³/mol. The number of ketones is 1. The number of piperidine rings is 1. The Hall–Kier alpha value is -1.98. The fraction of sp³-hybridized carbons (Fsp3) is 0.667. The summed E-state index contributed by atoms with van der Waals surface area (Å²) in [7, 11) is 0. The van der Waals surface area contributed by atoms with Gasteiger partial charge in [-0.15, -0.1) is 0 Å². The largest absolute Gasteiger partial charge is 0.458 e. The second-order valence-corrected chi connectivity index (χ2v) is 6.71. The SMILES string of the molecule is CCc1cnc(OC2CCCN(C(=O)C3CCC(=O)CC3)C2)nc1. The van der Waals surface area contributed by atoms with Crippen molar-refractivity contribution in [3.8, 4) is 6.01 Å². The first-order valence-electron chi connectivity index (χ1n) is 8.93. The van der Waals surface area contributed by atoms with Crippen LogP contribution in [0.25, 0.3) is 0 Å². The summed E-state index contributed by atoms with van der Waals surface area (Å²) in [5.74, 6) is 0.464. The molecular formula is C18H25N3O3.